The second-order valence-corrected chi connectivity index (χ2v) is 6.81. The Bertz CT molecular complexity index is 810. The molecule has 0 spiro atoms. The minimum absolute atomic E-state index is 0.902. The Kier molecular flexibility index (Phi) is 4.96. The Morgan fingerprint density at radius 2 is 1.96 bits per heavy atom. The monoisotopic (exact) mass is 326 g/mol. The van der Waals surface area contributed by atoms with Crippen molar-refractivity contribution < 1.29 is 0 Å². The second kappa shape index (κ2) is 7.13. The van der Waals surface area contributed by atoms with E-state index in [1.165, 1.54) is 19.3 Å². The Balaban J connectivity index is 1.92. The fourth-order valence-electron chi connectivity index (χ4n) is 2.64. The first-order valence-corrected chi connectivity index (χ1v) is 9.08. The first-order valence-electron chi connectivity index (χ1n) is 8.09. The largest absolute Gasteiger partial charge is 0.305 e. The van der Waals surface area contributed by atoms with E-state index in [4.69, 9.17) is 0 Å². The molecule has 0 N–H and O–H groups in total. The Labute approximate surface area is 141 Å². The number of unbranched alkanes of at least 4 members (excludes halogenated alkanes) is 2. The van der Waals surface area contributed by atoms with E-state index in [9.17, 15) is 0 Å². The van der Waals surface area contributed by atoms with Crippen LogP contribution in [0.3, 0.4) is 0 Å². The van der Waals surface area contributed by atoms with E-state index in [0.717, 1.165) is 38.9 Å². The molecule has 5 heteroatoms. The normalized spacial score (nSPS) is 11.3. The number of benzene rings is 1. The van der Waals surface area contributed by atoms with Crippen LogP contribution in [0.5, 0.6) is 0 Å². The lowest BCUT2D eigenvalue weighted by Crippen LogP contribution is -1.96. The van der Waals surface area contributed by atoms with E-state index in [1.54, 1.807) is 11.8 Å². The lowest BCUT2D eigenvalue weighted by Gasteiger charge is -2.07. The standard InChI is InChI=1S/C18H22N4S/c1-4-5-6-12-23-18-21-20-17(22(18)3)15-8-7-9-16-14(15)11-10-13(2)19-16/h7-11H,4-6,12H2,1-3H3. The van der Waals surface area contributed by atoms with Crippen molar-refractivity contribution in [3.8, 4) is 11.4 Å². The van der Waals surface area contributed by atoms with Crippen molar-refractivity contribution in [1.82, 2.24) is 19.7 Å². The Hall–Kier alpha value is -1.88. The number of aromatic nitrogens is 4. The van der Waals surface area contributed by atoms with Crippen LogP contribution in [-0.2, 0) is 7.05 Å². The Morgan fingerprint density at radius 1 is 1.09 bits per heavy atom. The van der Waals surface area contributed by atoms with Crippen LogP contribution < -0.4 is 0 Å². The zero-order valence-electron chi connectivity index (χ0n) is 13.9. The van der Waals surface area contributed by atoms with Gasteiger partial charge in [-0.05, 0) is 25.5 Å². The molecule has 0 bridgehead atoms. The van der Waals surface area contributed by atoms with E-state index < -0.39 is 0 Å². The highest BCUT2D eigenvalue weighted by atomic mass is 32.2. The predicted molar refractivity (Wildman–Crippen MR) is 96.7 cm³/mol. The van der Waals surface area contributed by atoms with Gasteiger partial charge in [0.1, 0.15) is 0 Å². The summed E-state index contributed by atoms with van der Waals surface area (Å²) in [6.45, 7) is 4.24. The number of rotatable bonds is 6. The van der Waals surface area contributed by atoms with E-state index in [-0.39, 0.29) is 0 Å². The van der Waals surface area contributed by atoms with Crippen molar-refractivity contribution in [2.45, 2.75) is 38.3 Å². The number of aryl methyl sites for hydroxylation is 1. The average Bonchev–Trinajstić information content (AvgIpc) is 2.91. The molecule has 0 amide bonds. The highest BCUT2D eigenvalue weighted by molar-refractivity contribution is 7.99. The molecule has 120 valence electrons. The zero-order valence-corrected chi connectivity index (χ0v) is 14.7. The van der Waals surface area contributed by atoms with Crippen molar-refractivity contribution >= 4 is 22.7 Å². The molecule has 0 aliphatic heterocycles. The molecule has 2 aromatic heterocycles. The minimum atomic E-state index is 0.902. The third kappa shape index (κ3) is 3.39. The number of nitrogens with zero attached hydrogens (tertiary/aromatic N) is 4. The summed E-state index contributed by atoms with van der Waals surface area (Å²) >= 11 is 1.78. The highest BCUT2D eigenvalue weighted by Gasteiger charge is 2.13. The number of fused-ring (bicyclic) bond motifs is 1. The van der Waals surface area contributed by atoms with Gasteiger partial charge < -0.3 is 4.57 Å². The number of pyridine rings is 1. The minimum Gasteiger partial charge on any atom is -0.305 e. The fourth-order valence-corrected chi connectivity index (χ4v) is 3.55. The molecule has 0 saturated heterocycles. The molecule has 0 aliphatic carbocycles. The first-order chi connectivity index (χ1) is 11.2. The molecule has 4 nitrogen and oxygen atoms in total. The third-order valence-corrected chi connectivity index (χ3v) is 5.03. The van der Waals surface area contributed by atoms with Crippen molar-refractivity contribution in [3.63, 3.8) is 0 Å². The van der Waals surface area contributed by atoms with Crippen LogP contribution in [-0.4, -0.2) is 25.5 Å². The van der Waals surface area contributed by atoms with Gasteiger partial charge in [-0.15, -0.1) is 10.2 Å². The van der Waals surface area contributed by atoms with Crippen molar-refractivity contribution in [2.75, 3.05) is 5.75 Å². The molecule has 3 aromatic rings. The van der Waals surface area contributed by atoms with Crippen molar-refractivity contribution in [1.29, 1.82) is 0 Å². The van der Waals surface area contributed by atoms with Gasteiger partial charge in [0.25, 0.3) is 0 Å². The predicted octanol–water partition coefficient (Wildman–Crippen LogP) is 4.62. The van der Waals surface area contributed by atoms with Gasteiger partial charge >= 0.3 is 0 Å². The summed E-state index contributed by atoms with van der Waals surface area (Å²) in [6.07, 6.45) is 3.74. The second-order valence-electron chi connectivity index (χ2n) is 5.75. The van der Waals surface area contributed by atoms with Crippen LogP contribution in [0, 0.1) is 6.92 Å². The summed E-state index contributed by atoms with van der Waals surface area (Å²) in [7, 11) is 2.04. The summed E-state index contributed by atoms with van der Waals surface area (Å²) in [5, 5.41) is 10.9. The summed E-state index contributed by atoms with van der Waals surface area (Å²) in [4.78, 5) is 4.61. The molecule has 0 aliphatic rings. The van der Waals surface area contributed by atoms with Gasteiger partial charge in [0.05, 0.1) is 5.52 Å². The number of hydrogen-bond acceptors (Lipinski definition) is 4. The zero-order chi connectivity index (χ0) is 16.2. The maximum Gasteiger partial charge on any atom is 0.191 e. The maximum absolute atomic E-state index is 4.61. The molecule has 0 radical (unpaired) electrons. The van der Waals surface area contributed by atoms with Crippen molar-refractivity contribution in [3.05, 3.63) is 36.0 Å². The van der Waals surface area contributed by atoms with E-state index in [0.29, 0.717) is 0 Å². The van der Waals surface area contributed by atoms with Gasteiger partial charge in [0.2, 0.25) is 0 Å². The number of thioether (sulfide) groups is 1. The summed E-state index contributed by atoms with van der Waals surface area (Å²) in [6, 6.07) is 10.3. The van der Waals surface area contributed by atoms with Crippen LogP contribution in [0.2, 0.25) is 0 Å². The molecule has 2 heterocycles. The molecule has 23 heavy (non-hydrogen) atoms. The summed E-state index contributed by atoms with van der Waals surface area (Å²) < 4.78 is 2.09. The smallest absolute Gasteiger partial charge is 0.191 e. The third-order valence-electron chi connectivity index (χ3n) is 3.93. The van der Waals surface area contributed by atoms with Gasteiger partial charge in [-0.25, -0.2) is 0 Å². The summed E-state index contributed by atoms with van der Waals surface area (Å²) in [5.41, 5.74) is 3.12. The first kappa shape index (κ1) is 16.0. The van der Waals surface area contributed by atoms with Crippen LogP contribution in [0.15, 0.2) is 35.5 Å². The Morgan fingerprint density at radius 3 is 2.78 bits per heavy atom. The molecule has 0 atom stereocenters. The van der Waals surface area contributed by atoms with Crippen LogP contribution in [0.4, 0.5) is 0 Å². The van der Waals surface area contributed by atoms with E-state index >= 15 is 0 Å². The molecule has 0 unspecified atom stereocenters. The molecule has 0 fully saturated rings. The highest BCUT2D eigenvalue weighted by Crippen LogP contribution is 2.29. The SMILES string of the molecule is CCCCCSc1nnc(-c2cccc3nc(C)ccc23)n1C. The maximum atomic E-state index is 4.61. The molecular weight excluding hydrogens is 304 g/mol. The molecule has 0 saturated carbocycles. The van der Waals surface area contributed by atoms with Crippen LogP contribution in [0.25, 0.3) is 22.3 Å². The molecule has 1 aromatic carbocycles. The molecule has 3 rings (SSSR count). The number of hydrogen-bond donors (Lipinski definition) is 0. The van der Waals surface area contributed by atoms with Gasteiger partial charge in [-0.2, -0.15) is 0 Å². The van der Waals surface area contributed by atoms with Gasteiger partial charge in [-0.1, -0.05) is 49.7 Å². The van der Waals surface area contributed by atoms with Gasteiger partial charge in [0.15, 0.2) is 11.0 Å². The van der Waals surface area contributed by atoms with E-state index in [1.807, 2.05) is 32.2 Å². The van der Waals surface area contributed by atoms with Gasteiger partial charge in [0, 0.05) is 29.4 Å². The van der Waals surface area contributed by atoms with Crippen molar-refractivity contribution in [2.24, 2.45) is 7.05 Å². The van der Waals surface area contributed by atoms with Gasteiger partial charge in [-0.3, -0.25) is 4.98 Å². The summed E-state index contributed by atoms with van der Waals surface area (Å²) in [5.74, 6) is 2.00. The lowest BCUT2D eigenvalue weighted by atomic mass is 10.1. The van der Waals surface area contributed by atoms with Crippen LogP contribution in [0.1, 0.15) is 31.9 Å². The quantitative estimate of drug-likeness (QED) is 0.490. The fraction of sp³-hybridized carbons (Fsp3) is 0.389. The van der Waals surface area contributed by atoms with E-state index in [2.05, 4.69) is 38.8 Å². The average molecular weight is 326 g/mol. The van der Waals surface area contributed by atoms with Crippen LogP contribution >= 0.6 is 11.8 Å². The molecular formula is C18H22N4S. The lowest BCUT2D eigenvalue weighted by molar-refractivity contribution is 0.767. The topological polar surface area (TPSA) is 43.6 Å².